The van der Waals surface area contributed by atoms with E-state index in [0.29, 0.717) is 12.0 Å². The van der Waals surface area contributed by atoms with Crippen LogP contribution in [0.1, 0.15) is 39.2 Å². The molecule has 17 heavy (non-hydrogen) atoms. The molecule has 0 aliphatic carbocycles. The first-order valence-corrected chi connectivity index (χ1v) is 6.46. The quantitative estimate of drug-likeness (QED) is 0.789. The molecule has 1 atom stereocenters. The van der Waals surface area contributed by atoms with Gasteiger partial charge in [0.25, 0.3) is 0 Å². The Morgan fingerprint density at radius 2 is 2.12 bits per heavy atom. The molecule has 0 saturated carbocycles. The fraction of sp³-hybridized carbons (Fsp3) is 0.643. The molecule has 0 fully saturated rings. The van der Waals surface area contributed by atoms with Crippen molar-refractivity contribution in [1.82, 2.24) is 10.3 Å². The predicted molar refractivity (Wildman–Crippen MR) is 69.4 cm³/mol. The Kier molecular flexibility index (Phi) is 6.12. The van der Waals surface area contributed by atoms with Crippen LogP contribution in [0.5, 0.6) is 0 Å². The summed E-state index contributed by atoms with van der Waals surface area (Å²) in [6.45, 7) is 7.65. The molecule has 1 N–H and O–H groups in total. The van der Waals surface area contributed by atoms with Gasteiger partial charge in [-0.1, -0.05) is 20.8 Å². The number of hydrogen-bond acceptors (Lipinski definition) is 2. The SMILES string of the molecule is CCCNC(CCc1cncc(F)c1)C(C)C. The van der Waals surface area contributed by atoms with Crippen molar-refractivity contribution in [3.63, 3.8) is 0 Å². The van der Waals surface area contributed by atoms with E-state index in [4.69, 9.17) is 0 Å². The van der Waals surface area contributed by atoms with E-state index >= 15 is 0 Å². The van der Waals surface area contributed by atoms with Gasteiger partial charge in [-0.25, -0.2) is 4.39 Å². The molecule has 1 heterocycles. The minimum atomic E-state index is -0.245. The van der Waals surface area contributed by atoms with Gasteiger partial charge in [0.1, 0.15) is 5.82 Å². The second-order valence-electron chi connectivity index (χ2n) is 4.85. The van der Waals surface area contributed by atoms with Crippen LogP contribution in [0.2, 0.25) is 0 Å². The summed E-state index contributed by atoms with van der Waals surface area (Å²) >= 11 is 0. The van der Waals surface area contributed by atoms with Gasteiger partial charge in [0, 0.05) is 12.2 Å². The van der Waals surface area contributed by atoms with Crippen LogP contribution >= 0.6 is 0 Å². The average Bonchev–Trinajstić information content (AvgIpc) is 2.28. The van der Waals surface area contributed by atoms with Crippen molar-refractivity contribution in [3.05, 3.63) is 29.8 Å². The van der Waals surface area contributed by atoms with Crippen molar-refractivity contribution in [2.45, 2.75) is 46.1 Å². The molecule has 0 spiro atoms. The zero-order valence-electron chi connectivity index (χ0n) is 11.0. The fourth-order valence-electron chi connectivity index (χ4n) is 1.92. The van der Waals surface area contributed by atoms with Gasteiger partial charge < -0.3 is 5.32 Å². The molecular formula is C14H23FN2. The standard InChI is InChI=1S/C14H23FN2/c1-4-7-17-14(11(2)3)6-5-12-8-13(15)10-16-9-12/h8-11,14,17H,4-7H2,1-3H3. The van der Waals surface area contributed by atoms with Crippen LogP contribution in [0.15, 0.2) is 18.5 Å². The van der Waals surface area contributed by atoms with Crippen molar-refractivity contribution in [3.8, 4) is 0 Å². The number of pyridine rings is 1. The third kappa shape index (κ3) is 5.26. The zero-order valence-corrected chi connectivity index (χ0v) is 11.0. The van der Waals surface area contributed by atoms with E-state index in [0.717, 1.165) is 31.4 Å². The maximum Gasteiger partial charge on any atom is 0.141 e. The topological polar surface area (TPSA) is 24.9 Å². The van der Waals surface area contributed by atoms with Gasteiger partial charge in [-0.05, 0) is 43.4 Å². The smallest absolute Gasteiger partial charge is 0.141 e. The molecule has 0 aliphatic rings. The number of rotatable bonds is 7. The molecule has 0 aromatic carbocycles. The average molecular weight is 238 g/mol. The second kappa shape index (κ2) is 7.38. The first-order chi connectivity index (χ1) is 8.13. The number of hydrogen-bond donors (Lipinski definition) is 1. The third-order valence-electron chi connectivity index (χ3n) is 2.97. The minimum Gasteiger partial charge on any atom is -0.314 e. The number of halogens is 1. The highest BCUT2D eigenvalue weighted by Gasteiger charge is 2.12. The van der Waals surface area contributed by atoms with E-state index in [1.54, 1.807) is 12.3 Å². The summed E-state index contributed by atoms with van der Waals surface area (Å²) in [5.41, 5.74) is 0.981. The molecule has 1 aromatic heterocycles. The maximum absolute atomic E-state index is 13.0. The van der Waals surface area contributed by atoms with E-state index in [-0.39, 0.29) is 5.82 Å². The summed E-state index contributed by atoms with van der Waals surface area (Å²) in [5.74, 6) is 0.355. The zero-order chi connectivity index (χ0) is 12.7. The molecule has 0 aliphatic heterocycles. The fourth-order valence-corrected chi connectivity index (χ4v) is 1.92. The van der Waals surface area contributed by atoms with Crippen LogP contribution in [0.3, 0.4) is 0 Å². The van der Waals surface area contributed by atoms with Crippen molar-refractivity contribution >= 4 is 0 Å². The molecule has 3 heteroatoms. The molecular weight excluding hydrogens is 215 g/mol. The highest BCUT2D eigenvalue weighted by atomic mass is 19.1. The summed E-state index contributed by atoms with van der Waals surface area (Å²) in [7, 11) is 0. The van der Waals surface area contributed by atoms with Gasteiger partial charge in [0.2, 0.25) is 0 Å². The summed E-state index contributed by atoms with van der Waals surface area (Å²) < 4.78 is 13.0. The van der Waals surface area contributed by atoms with Gasteiger partial charge in [-0.3, -0.25) is 4.98 Å². The molecule has 0 bridgehead atoms. The Balaban J connectivity index is 2.45. The number of nitrogens with zero attached hydrogens (tertiary/aromatic N) is 1. The van der Waals surface area contributed by atoms with Crippen LogP contribution in [0, 0.1) is 11.7 Å². The second-order valence-corrected chi connectivity index (χ2v) is 4.85. The molecule has 96 valence electrons. The van der Waals surface area contributed by atoms with E-state index in [9.17, 15) is 4.39 Å². The molecule has 0 radical (unpaired) electrons. The summed E-state index contributed by atoms with van der Waals surface area (Å²) in [5, 5.41) is 3.54. The van der Waals surface area contributed by atoms with Gasteiger partial charge in [-0.15, -0.1) is 0 Å². The lowest BCUT2D eigenvalue weighted by Crippen LogP contribution is -2.34. The normalized spacial score (nSPS) is 13.0. The summed E-state index contributed by atoms with van der Waals surface area (Å²) in [6.07, 6.45) is 6.05. The van der Waals surface area contributed by atoms with E-state index in [2.05, 4.69) is 31.1 Å². The monoisotopic (exact) mass is 238 g/mol. The molecule has 0 saturated heterocycles. The van der Waals surface area contributed by atoms with Crippen molar-refractivity contribution < 1.29 is 4.39 Å². The third-order valence-corrected chi connectivity index (χ3v) is 2.97. The molecule has 2 nitrogen and oxygen atoms in total. The van der Waals surface area contributed by atoms with Crippen LogP contribution in [-0.2, 0) is 6.42 Å². The molecule has 1 rings (SSSR count). The minimum absolute atomic E-state index is 0.245. The molecule has 1 aromatic rings. The first kappa shape index (κ1) is 14.1. The maximum atomic E-state index is 13.0. The number of nitrogens with one attached hydrogen (secondary N) is 1. The van der Waals surface area contributed by atoms with Crippen LogP contribution in [0.25, 0.3) is 0 Å². The summed E-state index contributed by atoms with van der Waals surface area (Å²) in [4.78, 5) is 3.87. The molecule has 0 amide bonds. The van der Waals surface area contributed by atoms with Crippen LogP contribution in [0.4, 0.5) is 4.39 Å². The predicted octanol–water partition coefficient (Wildman–Crippen LogP) is 3.18. The van der Waals surface area contributed by atoms with Gasteiger partial charge in [-0.2, -0.15) is 0 Å². The lowest BCUT2D eigenvalue weighted by atomic mass is 9.97. The first-order valence-electron chi connectivity index (χ1n) is 6.46. The van der Waals surface area contributed by atoms with Gasteiger partial charge in [0.05, 0.1) is 6.20 Å². The van der Waals surface area contributed by atoms with Crippen molar-refractivity contribution in [2.75, 3.05) is 6.54 Å². The van der Waals surface area contributed by atoms with E-state index < -0.39 is 0 Å². The van der Waals surface area contributed by atoms with Crippen LogP contribution < -0.4 is 5.32 Å². The van der Waals surface area contributed by atoms with Crippen molar-refractivity contribution in [2.24, 2.45) is 5.92 Å². The summed E-state index contributed by atoms with van der Waals surface area (Å²) in [6, 6.07) is 2.07. The van der Waals surface area contributed by atoms with E-state index in [1.165, 1.54) is 6.20 Å². The number of aryl methyl sites for hydroxylation is 1. The lowest BCUT2D eigenvalue weighted by molar-refractivity contribution is 0.378. The Morgan fingerprint density at radius 1 is 1.35 bits per heavy atom. The highest BCUT2D eigenvalue weighted by Crippen LogP contribution is 2.11. The van der Waals surface area contributed by atoms with Crippen LogP contribution in [-0.4, -0.2) is 17.6 Å². The molecule has 1 unspecified atom stereocenters. The van der Waals surface area contributed by atoms with Gasteiger partial charge >= 0.3 is 0 Å². The Bertz CT molecular complexity index is 326. The lowest BCUT2D eigenvalue weighted by Gasteiger charge is -2.22. The van der Waals surface area contributed by atoms with Crippen molar-refractivity contribution in [1.29, 1.82) is 0 Å². The Labute approximate surface area is 104 Å². The van der Waals surface area contributed by atoms with E-state index in [1.807, 2.05) is 0 Å². The highest BCUT2D eigenvalue weighted by molar-refractivity contribution is 5.10. The largest absolute Gasteiger partial charge is 0.314 e. The Hall–Kier alpha value is -0.960. The number of aromatic nitrogens is 1. The Morgan fingerprint density at radius 3 is 2.71 bits per heavy atom. The van der Waals surface area contributed by atoms with Gasteiger partial charge in [0.15, 0.2) is 0 Å².